The maximum atomic E-state index is 5.64. The molecule has 0 saturated heterocycles. The molecule has 0 aromatic heterocycles. The largest absolute Gasteiger partial charge is 0.493 e. The quantitative estimate of drug-likeness (QED) is 0.867. The molecule has 0 spiro atoms. The van der Waals surface area contributed by atoms with Crippen LogP contribution in [-0.4, -0.2) is 33.6 Å². The van der Waals surface area contributed by atoms with E-state index in [1.54, 1.807) is 26.0 Å². The number of fused-ring (bicyclic) bond motifs is 1. The standard InChI is InChI=1S/C19H23NO2S/c1-21-17-11-15-14(19(23-3)18(17)22-2)9-10-20-12-16(15)13-7-5-4-6-8-13/h4-8,11,16,20H,9-10,12H2,1-3H3. The SMILES string of the molecule is COc1cc2c(c(SC)c1OC)CCNCC2c1ccccc1. The van der Waals surface area contributed by atoms with E-state index in [2.05, 4.69) is 48.0 Å². The third-order valence-electron chi connectivity index (χ3n) is 4.44. The molecule has 0 amide bonds. The van der Waals surface area contributed by atoms with Gasteiger partial charge in [0.1, 0.15) is 0 Å². The molecule has 3 nitrogen and oxygen atoms in total. The zero-order valence-electron chi connectivity index (χ0n) is 13.9. The van der Waals surface area contributed by atoms with Gasteiger partial charge >= 0.3 is 0 Å². The monoisotopic (exact) mass is 329 g/mol. The highest BCUT2D eigenvalue weighted by atomic mass is 32.2. The molecule has 122 valence electrons. The van der Waals surface area contributed by atoms with Crippen molar-refractivity contribution in [3.63, 3.8) is 0 Å². The summed E-state index contributed by atoms with van der Waals surface area (Å²) in [4.78, 5) is 1.20. The number of rotatable bonds is 4. The molecule has 0 radical (unpaired) electrons. The lowest BCUT2D eigenvalue weighted by atomic mass is 9.87. The second kappa shape index (κ2) is 7.28. The van der Waals surface area contributed by atoms with Gasteiger partial charge in [-0.25, -0.2) is 0 Å². The van der Waals surface area contributed by atoms with Crippen molar-refractivity contribution in [2.75, 3.05) is 33.6 Å². The fraction of sp³-hybridized carbons (Fsp3) is 0.368. The normalized spacial score (nSPS) is 17.3. The zero-order valence-corrected chi connectivity index (χ0v) is 14.7. The predicted octanol–water partition coefficient (Wildman–Crippen LogP) is 3.70. The van der Waals surface area contributed by atoms with Gasteiger partial charge < -0.3 is 14.8 Å². The van der Waals surface area contributed by atoms with E-state index in [1.807, 2.05) is 0 Å². The van der Waals surface area contributed by atoms with Gasteiger partial charge in [0.05, 0.1) is 19.1 Å². The molecule has 0 saturated carbocycles. The van der Waals surface area contributed by atoms with Gasteiger partial charge in [-0.1, -0.05) is 30.3 Å². The molecule has 1 N–H and O–H groups in total. The Hall–Kier alpha value is -1.65. The van der Waals surface area contributed by atoms with Crippen molar-refractivity contribution in [3.8, 4) is 11.5 Å². The zero-order chi connectivity index (χ0) is 16.2. The molecular formula is C19H23NO2S. The van der Waals surface area contributed by atoms with Crippen LogP contribution in [0.5, 0.6) is 11.5 Å². The summed E-state index contributed by atoms with van der Waals surface area (Å²) in [6, 6.07) is 12.9. The van der Waals surface area contributed by atoms with Crippen LogP contribution in [0.2, 0.25) is 0 Å². The van der Waals surface area contributed by atoms with E-state index in [4.69, 9.17) is 9.47 Å². The molecular weight excluding hydrogens is 306 g/mol. The first-order valence-corrected chi connectivity index (χ1v) is 9.10. The van der Waals surface area contributed by atoms with Crippen molar-refractivity contribution in [1.82, 2.24) is 5.32 Å². The highest BCUT2D eigenvalue weighted by Gasteiger charge is 2.26. The summed E-state index contributed by atoms with van der Waals surface area (Å²) in [6.45, 7) is 1.93. The molecule has 23 heavy (non-hydrogen) atoms. The lowest BCUT2D eigenvalue weighted by molar-refractivity contribution is 0.346. The minimum Gasteiger partial charge on any atom is -0.493 e. The van der Waals surface area contributed by atoms with Gasteiger partial charge in [0.25, 0.3) is 0 Å². The molecule has 4 heteroatoms. The number of methoxy groups -OCH3 is 2. The van der Waals surface area contributed by atoms with E-state index < -0.39 is 0 Å². The van der Waals surface area contributed by atoms with Gasteiger partial charge in [-0.3, -0.25) is 0 Å². The van der Waals surface area contributed by atoms with Gasteiger partial charge in [0.15, 0.2) is 11.5 Å². The third kappa shape index (κ3) is 3.06. The van der Waals surface area contributed by atoms with Crippen molar-refractivity contribution >= 4 is 11.8 Å². The summed E-state index contributed by atoms with van der Waals surface area (Å²) in [7, 11) is 3.43. The van der Waals surface area contributed by atoms with Gasteiger partial charge in [-0.05, 0) is 42.0 Å². The van der Waals surface area contributed by atoms with Crippen molar-refractivity contribution < 1.29 is 9.47 Å². The van der Waals surface area contributed by atoms with E-state index in [0.717, 1.165) is 31.0 Å². The smallest absolute Gasteiger partial charge is 0.174 e. The molecule has 1 atom stereocenters. The van der Waals surface area contributed by atoms with Crippen molar-refractivity contribution in [2.24, 2.45) is 0 Å². The number of hydrogen-bond donors (Lipinski definition) is 1. The number of thioether (sulfide) groups is 1. The summed E-state index contributed by atoms with van der Waals surface area (Å²) >= 11 is 1.74. The first-order chi connectivity index (χ1) is 11.3. The average molecular weight is 329 g/mol. The van der Waals surface area contributed by atoms with Crippen LogP contribution in [-0.2, 0) is 6.42 Å². The molecule has 3 rings (SSSR count). The van der Waals surface area contributed by atoms with E-state index in [0.29, 0.717) is 5.92 Å². The summed E-state index contributed by atoms with van der Waals surface area (Å²) in [5.74, 6) is 2.00. The summed E-state index contributed by atoms with van der Waals surface area (Å²) < 4.78 is 11.3. The molecule has 0 bridgehead atoms. The van der Waals surface area contributed by atoms with Gasteiger partial charge in [-0.15, -0.1) is 11.8 Å². The Bertz CT molecular complexity index is 673. The minimum absolute atomic E-state index is 0.333. The van der Waals surface area contributed by atoms with Crippen LogP contribution in [0.25, 0.3) is 0 Å². The lowest BCUT2D eigenvalue weighted by Gasteiger charge is -2.23. The van der Waals surface area contributed by atoms with E-state index >= 15 is 0 Å². The van der Waals surface area contributed by atoms with E-state index in [9.17, 15) is 0 Å². The maximum Gasteiger partial charge on any atom is 0.174 e. The lowest BCUT2D eigenvalue weighted by Crippen LogP contribution is -2.20. The number of nitrogens with one attached hydrogen (secondary N) is 1. The molecule has 2 aromatic rings. The molecule has 1 unspecified atom stereocenters. The van der Waals surface area contributed by atoms with Crippen LogP contribution in [0.15, 0.2) is 41.3 Å². The summed E-state index contributed by atoms with van der Waals surface area (Å²) in [6.07, 6.45) is 3.11. The minimum atomic E-state index is 0.333. The number of ether oxygens (including phenoxy) is 2. The van der Waals surface area contributed by atoms with Crippen LogP contribution in [0, 0.1) is 0 Å². The first kappa shape index (κ1) is 16.2. The summed E-state index contributed by atoms with van der Waals surface area (Å²) in [5.41, 5.74) is 4.07. The van der Waals surface area contributed by atoms with Crippen molar-refractivity contribution in [2.45, 2.75) is 17.2 Å². The summed E-state index contributed by atoms with van der Waals surface area (Å²) in [5, 5.41) is 3.58. The maximum absolute atomic E-state index is 5.64. The molecule has 1 aliphatic rings. The molecule has 1 aliphatic heterocycles. The second-order valence-corrected chi connectivity index (χ2v) is 6.45. The van der Waals surface area contributed by atoms with Crippen LogP contribution in [0.4, 0.5) is 0 Å². The van der Waals surface area contributed by atoms with Gasteiger partial charge in [0.2, 0.25) is 0 Å². The third-order valence-corrected chi connectivity index (χ3v) is 5.28. The molecule has 0 aliphatic carbocycles. The van der Waals surface area contributed by atoms with Gasteiger partial charge in [-0.2, -0.15) is 0 Å². The fourth-order valence-electron chi connectivity index (χ4n) is 3.36. The Kier molecular flexibility index (Phi) is 5.13. The van der Waals surface area contributed by atoms with Crippen LogP contribution >= 0.6 is 11.8 Å². The Morgan fingerprint density at radius 2 is 1.91 bits per heavy atom. The van der Waals surface area contributed by atoms with Crippen LogP contribution in [0.1, 0.15) is 22.6 Å². The second-order valence-electron chi connectivity index (χ2n) is 5.63. The Morgan fingerprint density at radius 3 is 2.57 bits per heavy atom. The highest BCUT2D eigenvalue weighted by Crippen LogP contribution is 2.45. The Labute approximate surface area is 142 Å². The Balaban J connectivity index is 2.21. The number of benzene rings is 2. The average Bonchev–Trinajstić information content (AvgIpc) is 2.82. The molecule has 2 aromatic carbocycles. The van der Waals surface area contributed by atoms with E-state index in [1.165, 1.54) is 21.6 Å². The van der Waals surface area contributed by atoms with Crippen LogP contribution in [0.3, 0.4) is 0 Å². The molecule has 1 heterocycles. The number of hydrogen-bond acceptors (Lipinski definition) is 4. The van der Waals surface area contributed by atoms with Crippen LogP contribution < -0.4 is 14.8 Å². The van der Waals surface area contributed by atoms with Crippen molar-refractivity contribution in [1.29, 1.82) is 0 Å². The predicted molar refractivity (Wildman–Crippen MR) is 96.2 cm³/mol. The van der Waals surface area contributed by atoms with Crippen molar-refractivity contribution in [3.05, 3.63) is 53.1 Å². The fourth-order valence-corrected chi connectivity index (χ4v) is 4.19. The first-order valence-electron chi connectivity index (χ1n) is 7.87. The molecule has 0 fully saturated rings. The highest BCUT2D eigenvalue weighted by molar-refractivity contribution is 7.98. The topological polar surface area (TPSA) is 30.5 Å². The van der Waals surface area contributed by atoms with Gasteiger partial charge in [0, 0.05) is 12.5 Å². The van der Waals surface area contributed by atoms with E-state index in [-0.39, 0.29) is 0 Å². The Morgan fingerprint density at radius 1 is 1.13 bits per heavy atom.